The predicted octanol–water partition coefficient (Wildman–Crippen LogP) is 6.36. The summed E-state index contributed by atoms with van der Waals surface area (Å²) in [6, 6.07) is 25.8. The fraction of sp³-hybridized carbons (Fsp3) is 0.0690. The first-order chi connectivity index (χ1) is 17.5. The molecule has 0 atom stereocenters. The van der Waals surface area contributed by atoms with Crippen molar-refractivity contribution in [3.63, 3.8) is 0 Å². The summed E-state index contributed by atoms with van der Waals surface area (Å²) in [7, 11) is 0. The topological polar surface area (TPSA) is 111 Å². The van der Waals surface area contributed by atoms with Crippen molar-refractivity contribution in [1.82, 2.24) is 9.55 Å². The molecular formula is C29H21N5OS. The van der Waals surface area contributed by atoms with E-state index in [2.05, 4.69) is 18.0 Å². The maximum atomic E-state index is 14.1. The number of fused-ring (bicyclic) bond motifs is 4. The normalized spacial score (nSPS) is 11.3. The van der Waals surface area contributed by atoms with Gasteiger partial charge in [-0.2, -0.15) is 5.26 Å². The van der Waals surface area contributed by atoms with Crippen molar-refractivity contribution in [2.45, 2.75) is 13.3 Å². The van der Waals surface area contributed by atoms with Gasteiger partial charge < -0.3 is 11.5 Å². The predicted molar refractivity (Wildman–Crippen MR) is 147 cm³/mol. The first kappa shape index (κ1) is 21.8. The van der Waals surface area contributed by atoms with Crippen molar-refractivity contribution in [3.8, 4) is 17.2 Å². The Bertz CT molecular complexity index is 1820. The van der Waals surface area contributed by atoms with E-state index >= 15 is 0 Å². The van der Waals surface area contributed by atoms with Crippen molar-refractivity contribution in [2.75, 3.05) is 11.5 Å². The van der Waals surface area contributed by atoms with Crippen molar-refractivity contribution in [1.29, 1.82) is 5.26 Å². The second-order valence-corrected chi connectivity index (χ2v) is 9.61. The van der Waals surface area contributed by atoms with Crippen molar-refractivity contribution < 1.29 is 4.79 Å². The molecule has 174 valence electrons. The quantitative estimate of drug-likeness (QED) is 0.302. The molecule has 0 fully saturated rings. The molecule has 36 heavy (non-hydrogen) atoms. The molecule has 3 aromatic carbocycles. The molecule has 0 saturated carbocycles. The van der Waals surface area contributed by atoms with E-state index in [0.717, 1.165) is 33.8 Å². The summed E-state index contributed by atoms with van der Waals surface area (Å²) < 4.78 is 1.70. The molecule has 0 aliphatic carbocycles. The molecule has 3 heterocycles. The minimum atomic E-state index is -0.239. The molecule has 0 radical (unpaired) electrons. The summed E-state index contributed by atoms with van der Waals surface area (Å²) in [6.45, 7) is 2.09. The summed E-state index contributed by atoms with van der Waals surface area (Å²) in [6.07, 6.45) is 0.900. The van der Waals surface area contributed by atoms with Gasteiger partial charge in [0.25, 0.3) is 5.91 Å². The van der Waals surface area contributed by atoms with Crippen LogP contribution in [0.1, 0.15) is 27.7 Å². The zero-order valence-electron chi connectivity index (χ0n) is 19.4. The number of carbonyl (C=O) groups excluding carboxylic acids is 1. The van der Waals surface area contributed by atoms with Crippen LogP contribution >= 0.6 is 11.3 Å². The Morgan fingerprint density at radius 3 is 2.17 bits per heavy atom. The summed E-state index contributed by atoms with van der Waals surface area (Å²) in [5, 5.41) is 12.5. The van der Waals surface area contributed by atoms with E-state index < -0.39 is 0 Å². The Hall–Kier alpha value is -4.67. The Balaban J connectivity index is 1.64. The van der Waals surface area contributed by atoms with Crippen molar-refractivity contribution in [3.05, 3.63) is 88.8 Å². The van der Waals surface area contributed by atoms with Crippen LogP contribution in [0.15, 0.2) is 72.8 Å². The fourth-order valence-corrected chi connectivity index (χ4v) is 5.92. The molecule has 7 heteroatoms. The molecular weight excluding hydrogens is 466 g/mol. The number of para-hydroxylation sites is 2. The van der Waals surface area contributed by atoms with Gasteiger partial charge in [0, 0.05) is 21.7 Å². The van der Waals surface area contributed by atoms with Gasteiger partial charge in [0.15, 0.2) is 0 Å². The summed E-state index contributed by atoms with van der Waals surface area (Å²) >= 11 is 1.20. The molecule has 0 aliphatic rings. The summed E-state index contributed by atoms with van der Waals surface area (Å²) in [4.78, 5) is 19.4. The van der Waals surface area contributed by atoms with Gasteiger partial charge in [-0.1, -0.05) is 67.6 Å². The van der Waals surface area contributed by atoms with E-state index in [0.29, 0.717) is 26.3 Å². The number of nitriles is 1. The lowest BCUT2D eigenvalue weighted by molar-refractivity contribution is 0.0974. The average Bonchev–Trinajstić information content (AvgIpc) is 3.42. The van der Waals surface area contributed by atoms with E-state index in [-0.39, 0.29) is 17.3 Å². The highest BCUT2D eigenvalue weighted by molar-refractivity contribution is 7.21. The third-order valence-corrected chi connectivity index (χ3v) is 7.73. The first-order valence-corrected chi connectivity index (χ1v) is 12.4. The smallest absolute Gasteiger partial charge is 0.275 e. The third-order valence-electron chi connectivity index (χ3n) is 6.64. The number of hydrogen-bond acceptors (Lipinski definition) is 6. The van der Waals surface area contributed by atoms with Gasteiger partial charge in [0.05, 0.1) is 16.7 Å². The summed E-state index contributed by atoms with van der Waals surface area (Å²) in [5.41, 5.74) is 17.7. The molecule has 4 N–H and O–H groups in total. The standard InChI is InChI=1S/C29H21N5OS/c1-2-16-11-13-17(14-12-16)23-20(15-30)27(32)33-28-24(23)25(31)26(36-28)29(35)34-21-9-5-3-7-18(21)19-8-4-6-10-22(19)34/h3-14H,2,31H2,1H3,(H2,32,33). The lowest BCUT2D eigenvalue weighted by atomic mass is 9.96. The van der Waals surface area contributed by atoms with Crippen molar-refractivity contribution >= 4 is 60.8 Å². The van der Waals surface area contributed by atoms with Crippen LogP contribution < -0.4 is 11.5 Å². The second kappa shape index (κ2) is 8.22. The Morgan fingerprint density at radius 1 is 0.972 bits per heavy atom. The van der Waals surface area contributed by atoms with Crippen LogP contribution in [0.25, 0.3) is 43.1 Å². The number of benzene rings is 3. The lowest BCUT2D eigenvalue weighted by Gasteiger charge is -2.10. The highest BCUT2D eigenvalue weighted by Gasteiger charge is 2.26. The molecule has 6 rings (SSSR count). The zero-order valence-corrected chi connectivity index (χ0v) is 20.3. The number of nitrogen functional groups attached to an aromatic ring is 2. The minimum Gasteiger partial charge on any atom is -0.397 e. The van der Waals surface area contributed by atoms with Crippen LogP contribution in [0.4, 0.5) is 11.5 Å². The number of pyridine rings is 1. The van der Waals surface area contributed by atoms with Gasteiger partial charge in [-0.15, -0.1) is 11.3 Å². The first-order valence-electron chi connectivity index (χ1n) is 11.6. The third kappa shape index (κ3) is 3.09. The average molecular weight is 488 g/mol. The van der Waals surface area contributed by atoms with Crippen LogP contribution in [0.5, 0.6) is 0 Å². The number of rotatable bonds is 3. The molecule has 3 aromatic heterocycles. The van der Waals surface area contributed by atoms with Crippen LogP contribution in [0, 0.1) is 11.3 Å². The Morgan fingerprint density at radius 2 is 1.58 bits per heavy atom. The van der Waals surface area contributed by atoms with E-state index in [1.165, 1.54) is 16.9 Å². The number of nitrogens with two attached hydrogens (primary N) is 2. The highest BCUT2D eigenvalue weighted by atomic mass is 32.1. The van der Waals surface area contributed by atoms with E-state index in [1.54, 1.807) is 4.57 Å². The largest absolute Gasteiger partial charge is 0.397 e. The molecule has 0 bridgehead atoms. The van der Waals surface area contributed by atoms with Crippen LogP contribution in [-0.2, 0) is 6.42 Å². The van der Waals surface area contributed by atoms with Gasteiger partial charge in [-0.25, -0.2) is 4.98 Å². The molecule has 6 aromatic rings. The number of carbonyl (C=O) groups is 1. The number of hydrogen-bond donors (Lipinski definition) is 2. The van der Waals surface area contributed by atoms with Crippen LogP contribution in [0.2, 0.25) is 0 Å². The second-order valence-electron chi connectivity index (χ2n) is 8.61. The maximum absolute atomic E-state index is 14.1. The Labute approximate surface area is 211 Å². The van der Waals surface area contributed by atoms with Gasteiger partial charge in [-0.05, 0) is 29.7 Å². The van der Waals surface area contributed by atoms with Gasteiger partial charge >= 0.3 is 0 Å². The van der Waals surface area contributed by atoms with Crippen molar-refractivity contribution in [2.24, 2.45) is 0 Å². The van der Waals surface area contributed by atoms with Gasteiger partial charge in [-0.3, -0.25) is 9.36 Å². The molecule has 6 nitrogen and oxygen atoms in total. The molecule has 0 spiro atoms. The van der Waals surface area contributed by atoms with Crippen LogP contribution in [0.3, 0.4) is 0 Å². The monoisotopic (exact) mass is 487 g/mol. The van der Waals surface area contributed by atoms with Gasteiger partial charge in [0.1, 0.15) is 27.2 Å². The zero-order chi connectivity index (χ0) is 25.0. The number of thiophene rings is 1. The number of aromatic nitrogens is 2. The summed E-state index contributed by atoms with van der Waals surface area (Å²) in [5.74, 6) is -0.117. The Kier molecular flexibility index (Phi) is 4.99. The highest BCUT2D eigenvalue weighted by Crippen LogP contribution is 2.43. The van der Waals surface area contributed by atoms with E-state index in [4.69, 9.17) is 11.5 Å². The number of nitrogens with zero attached hydrogens (tertiary/aromatic N) is 3. The molecule has 0 aliphatic heterocycles. The number of anilines is 2. The van der Waals surface area contributed by atoms with Crippen LogP contribution in [-0.4, -0.2) is 15.5 Å². The maximum Gasteiger partial charge on any atom is 0.275 e. The minimum absolute atomic E-state index is 0.122. The lowest BCUT2D eigenvalue weighted by Crippen LogP contribution is -2.11. The van der Waals surface area contributed by atoms with Gasteiger partial charge in [0.2, 0.25) is 0 Å². The molecule has 0 amide bonds. The SMILES string of the molecule is CCc1ccc(-c2c(C#N)c(N)nc3sc(C(=O)n4c5ccccc5c5ccccc54)c(N)c23)cc1. The van der Waals surface area contributed by atoms with E-state index in [1.807, 2.05) is 72.8 Å². The molecule has 0 unspecified atom stereocenters. The fourth-order valence-electron chi connectivity index (χ4n) is 4.88. The van der Waals surface area contributed by atoms with E-state index in [9.17, 15) is 10.1 Å². The molecule has 0 saturated heterocycles. The number of aryl methyl sites for hydroxylation is 1.